The second kappa shape index (κ2) is 8.58. The van der Waals surface area contributed by atoms with Gasteiger partial charge in [-0.25, -0.2) is 4.98 Å². The number of benzene rings is 1. The average Bonchev–Trinajstić information content (AvgIpc) is 2.92. The summed E-state index contributed by atoms with van der Waals surface area (Å²) in [7, 11) is 1.64. The largest absolute Gasteiger partial charge is 0.618 e. The molecule has 0 bridgehead atoms. The van der Waals surface area contributed by atoms with E-state index in [1.54, 1.807) is 48.5 Å². The maximum absolute atomic E-state index is 13.9. The molecule has 34 heavy (non-hydrogen) atoms. The molecule has 0 spiro atoms. The highest BCUT2D eigenvalue weighted by atomic mass is 19.1. The van der Waals surface area contributed by atoms with Gasteiger partial charge in [-0.3, -0.25) is 4.79 Å². The number of fused-ring (bicyclic) bond motifs is 3. The van der Waals surface area contributed by atoms with Gasteiger partial charge in [0.05, 0.1) is 23.2 Å². The fourth-order valence-corrected chi connectivity index (χ4v) is 4.17. The van der Waals surface area contributed by atoms with Gasteiger partial charge in [-0.1, -0.05) is 6.07 Å². The van der Waals surface area contributed by atoms with Crippen molar-refractivity contribution in [2.24, 2.45) is 0 Å². The van der Waals surface area contributed by atoms with E-state index in [0.717, 1.165) is 15.7 Å². The number of carbonyl (C=O) groups is 1. The number of anilines is 3. The number of nitrogens with zero attached hydrogens (tertiary/aromatic N) is 5. The van der Waals surface area contributed by atoms with Gasteiger partial charge in [-0.15, -0.1) is 0 Å². The summed E-state index contributed by atoms with van der Waals surface area (Å²) >= 11 is 0. The third-order valence-electron chi connectivity index (χ3n) is 5.88. The van der Waals surface area contributed by atoms with Crippen LogP contribution in [0, 0.1) is 11.2 Å². The van der Waals surface area contributed by atoms with E-state index in [0.29, 0.717) is 53.7 Å². The molecule has 5 rings (SSSR count). The maximum Gasteiger partial charge on any atom is 0.261 e. The molecular weight excluding hydrogens is 437 g/mol. The fourth-order valence-electron chi connectivity index (χ4n) is 4.17. The van der Waals surface area contributed by atoms with E-state index < -0.39 is 5.95 Å². The first kappa shape index (κ1) is 21.6. The highest BCUT2D eigenvalue weighted by Crippen LogP contribution is 2.37. The molecule has 172 valence electrons. The SMILES string of the molecule is CCN1c2ncc(CCOc3cccc4c3ccc[n+]4[O-])cc2C(=O)N(C)c2ccc(F)nc21. The highest BCUT2D eigenvalue weighted by Gasteiger charge is 2.31. The van der Waals surface area contributed by atoms with Gasteiger partial charge in [0.25, 0.3) is 5.91 Å². The lowest BCUT2D eigenvalue weighted by Gasteiger charge is -2.22. The number of hydrogen-bond acceptors (Lipinski definition) is 6. The molecule has 1 aliphatic heterocycles. The molecule has 0 aliphatic carbocycles. The van der Waals surface area contributed by atoms with Gasteiger partial charge in [0.1, 0.15) is 11.6 Å². The normalized spacial score (nSPS) is 13.0. The van der Waals surface area contributed by atoms with Crippen LogP contribution in [-0.4, -0.2) is 36.1 Å². The van der Waals surface area contributed by atoms with E-state index in [1.807, 2.05) is 19.1 Å². The lowest BCUT2D eigenvalue weighted by molar-refractivity contribution is -0.577. The number of amides is 1. The Kier molecular flexibility index (Phi) is 5.45. The summed E-state index contributed by atoms with van der Waals surface area (Å²) in [5.41, 5.74) is 2.28. The van der Waals surface area contributed by atoms with Gasteiger partial charge in [0, 0.05) is 38.3 Å². The molecule has 0 atom stereocenters. The summed E-state index contributed by atoms with van der Waals surface area (Å²) in [6, 6.07) is 13.4. The number of aromatic nitrogens is 3. The monoisotopic (exact) mass is 459 g/mol. The zero-order valence-corrected chi connectivity index (χ0v) is 18.7. The first-order chi connectivity index (χ1) is 16.5. The van der Waals surface area contributed by atoms with Crippen molar-refractivity contribution in [2.75, 3.05) is 30.0 Å². The third kappa shape index (κ3) is 3.64. The highest BCUT2D eigenvalue weighted by molar-refractivity contribution is 6.12. The van der Waals surface area contributed by atoms with Crippen molar-refractivity contribution in [2.45, 2.75) is 13.3 Å². The zero-order chi connectivity index (χ0) is 23.8. The van der Waals surface area contributed by atoms with Crippen molar-refractivity contribution >= 4 is 34.1 Å². The van der Waals surface area contributed by atoms with E-state index >= 15 is 0 Å². The van der Waals surface area contributed by atoms with Crippen LogP contribution in [0.3, 0.4) is 0 Å². The Labute approximate surface area is 195 Å². The minimum absolute atomic E-state index is 0.245. The van der Waals surface area contributed by atoms with Crippen molar-refractivity contribution in [3.63, 3.8) is 0 Å². The van der Waals surface area contributed by atoms with Crippen LogP contribution in [0.1, 0.15) is 22.8 Å². The molecule has 0 saturated carbocycles. The Hall–Kier alpha value is -4.27. The van der Waals surface area contributed by atoms with Gasteiger partial charge >= 0.3 is 0 Å². The van der Waals surface area contributed by atoms with Crippen LogP contribution in [0.4, 0.5) is 21.7 Å². The predicted molar refractivity (Wildman–Crippen MR) is 126 cm³/mol. The van der Waals surface area contributed by atoms with Gasteiger partial charge in [-0.05, 0) is 42.8 Å². The Morgan fingerprint density at radius 1 is 1.15 bits per heavy atom. The van der Waals surface area contributed by atoms with Gasteiger partial charge in [0.15, 0.2) is 12.0 Å². The topological polar surface area (TPSA) is 85.5 Å². The van der Waals surface area contributed by atoms with E-state index in [2.05, 4.69) is 9.97 Å². The Morgan fingerprint density at radius 3 is 2.82 bits per heavy atom. The first-order valence-corrected chi connectivity index (χ1v) is 10.9. The molecule has 8 nitrogen and oxygen atoms in total. The van der Waals surface area contributed by atoms with Crippen LogP contribution >= 0.6 is 0 Å². The second-order valence-electron chi connectivity index (χ2n) is 7.92. The molecule has 0 saturated heterocycles. The van der Waals surface area contributed by atoms with Crippen molar-refractivity contribution in [1.82, 2.24) is 9.97 Å². The summed E-state index contributed by atoms with van der Waals surface area (Å²) in [4.78, 5) is 25.0. The number of pyridine rings is 3. The number of rotatable bonds is 5. The molecule has 1 aromatic carbocycles. The molecule has 0 N–H and O–H groups in total. The Bertz CT molecular complexity index is 1410. The van der Waals surface area contributed by atoms with Crippen LogP contribution in [0.5, 0.6) is 5.75 Å². The van der Waals surface area contributed by atoms with E-state index in [1.165, 1.54) is 17.2 Å². The fraction of sp³-hybridized carbons (Fsp3) is 0.200. The number of carbonyl (C=O) groups excluding carboxylic acids is 1. The molecule has 1 amide bonds. The summed E-state index contributed by atoms with van der Waals surface area (Å²) in [5.74, 6) is 0.542. The standard InChI is InChI=1S/C25H22FN5O3/c1-3-30-23-18(25(32)29(2)20-9-10-22(26)28-24(20)30)14-16(15-27-23)11-13-34-21-8-4-7-19-17(21)6-5-12-31(19)33/h4-10,12,14-15H,3,11,13H2,1-2H3. The molecule has 3 aromatic heterocycles. The zero-order valence-electron chi connectivity index (χ0n) is 18.7. The molecule has 9 heteroatoms. The van der Waals surface area contributed by atoms with E-state index in [9.17, 15) is 14.4 Å². The number of halogens is 1. The van der Waals surface area contributed by atoms with E-state index in [-0.39, 0.29) is 5.91 Å². The third-order valence-corrected chi connectivity index (χ3v) is 5.88. The minimum Gasteiger partial charge on any atom is -0.618 e. The second-order valence-corrected chi connectivity index (χ2v) is 7.92. The van der Waals surface area contributed by atoms with Crippen LogP contribution < -0.4 is 19.3 Å². The van der Waals surface area contributed by atoms with Crippen molar-refractivity contribution in [1.29, 1.82) is 0 Å². The van der Waals surface area contributed by atoms with Crippen LogP contribution in [0.2, 0.25) is 0 Å². The molecule has 0 fully saturated rings. The van der Waals surface area contributed by atoms with Gasteiger partial charge in [-0.2, -0.15) is 14.1 Å². The van der Waals surface area contributed by atoms with Crippen LogP contribution in [0.15, 0.2) is 60.9 Å². The minimum atomic E-state index is -0.619. The van der Waals surface area contributed by atoms with Crippen LogP contribution in [0.25, 0.3) is 10.9 Å². The van der Waals surface area contributed by atoms with Crippen molar-refractivity contribution in [3.05, 3.63) is 83.2 Å². The average molecular weight is 459 g/mol. The smallest absolute Gasteiger partial charge is 0.261 e. The summed E-state index contributed by atoms with van der Waals surface area (Å²) < 4.78 is 20.7. The lowest BCUT2D eigenvalue weighted by Crippen LogP contribution is -2.26. The van der Waals surface area contributed by atoms with Crippen molar-refractivity contribution in [3.8, 4) is 5.75 Å². The van der Waals surface area contributed by atoms with E-state index in [4.69, 9.17) is 4.74 Å². The number of hydrogen-bond donors (Lipinski definition) is 0. The summed E-state index contributed by atoms with van der Waals surface area (Å²) in [6.45, 7) is 2.70. The Balaban J connectivity index is 1.42. The molecule has 0 unspecified atom stereocenters. The molecule has 4 aromatic rings. The predicted octanol–water partition coefficient (Wildman–Crippen LogP) is 3.77. The Morgan fingerprint density at radius 2 is 2.00 bits per heavy atom. The van der Waals surface area contributed by atoms with Gasteiger partial charge in [0.2, 0.25) is 11.5 Å². The first-order valence-electron chi connectivity index (χ1n) is 10.9. The summed E-state index contributed by atoms with van der Waals surface area (Å²) in [5, 5.41) is 12.7. The quantitative estimate of drug-likeness (QED) is 0.257. The molecule has 4 heterocycles. The summed E-state index contributed by atoms with van der Waals surface area (Å²) in [6.07, 6.45) is 3.64. The van der Waals surface area contributed by atoms with Gasteiger partial charge < -0.3 is 19.7 Å². The molecule has 0 radical (unpaired) electrons. The maximum atomic E-state index is 13.9. The lowest BCUT2D eigenvalue weighted by atomic mass is 10.1. The number of ether oxygens (including phenoxy) is 1. The molecular formula is C25H22FN5O3. The van der Waals surface area contributed by atoms with Crippen molar-refractivity contribution < 1.29 is 18.7 Å². The molecule has 1 aliphatic rings. The van der Waals surface area contributed by atoms with Crippen LogP contribution in [-0.2, 0) is 6.42 Å².